The Morgan fingerprint density at radius 2 is 1.69 bits per heavy atom. The molecule has 6 nitrogen and oxygen atoms in total. The fourth-order valence-corrected chi connectivity index (χ4v) is 3.91. The van der Waals surface area contributed by atoms with Gasteiger partial charge in [-0.15, -0.1) is 0 Å². The van der Waals surface area contributed by atoms with E-state index in [1.807, 2.05) is 77.8 Å². The van der Waals surface area contributed by atoms with Crippen LogP contribution in [0.4, 0.5) is 0 Å². The smallest absolute Gasteiger partial charge is 0.259 e. The molecule has 6 heteroatoms. The Hall–Kier alpha value is -2.99. The van der Waals surface area contributed by atoms with Gasteiger partial charge in [0.15, 0.2) is 0 Å². The second kappa shape index (κ2) is 6.72. The maximum absolute atomic E-state index is 12.5. The molecular weight excluding hydrogens is 330 g/mol. The van der Waals surface area contributed by atoms with Gasteiger partial charge in [-0.25, -0.2) is 5.01 Å². The van der Waals surface area contributed by atoms with Gasteiger partial charge >= 0.3 is 0 Å². The highest BCUT2D eigenvalue weighted by Crippen LogP contribution is 2.42. The fourth-order valence-electron chi connectivity index (χ4n) is 3.91. The minimum absolute atomic E-state index is 0.0543. The molecule has 3 atom stereocenters. The molecule has 26 heavy (non-hydrogen) atoms. The van der Waals surface area contributed by atoms with Crippen LogP contribution in [0.1, 0.15) is 23.6 Å². The summed E-state index contributed by atoms with van der Waals surface area (Å²) in [6, 6.07) is 17.0. The average Bonchev–Trinajstić information content (AvgIpc) is 3.19. The van der Waals surface area contributed by atoms with Crippen molar-refractivity contribution in [1.29, 1.82) is 0 Å². The molecule has 2 aromatic rings. The monoisotopic (exact) mass is 349 g/mol. The van der Waals surface area contributed by atoms with Crippen LogP contribution in [-0.2, 0) is 4.79 Å². The van der Waals surface area contributed by atoms with Gasteiger partial charge in [0, 0.05) is 17.9 Å². The van der Waals surface area contributed by atoms with Crippen molar-refractivity contribution >= 4 is 12.0 Å². The minimum atomic E-state index is -0.901. The number of hydrogen-bond acceptors (Lipinski definition) is 4. The molecule has 0 N–H and O–H groups in total. The fraction of sp³-hybridized carbons (Fsp3) is 0.250. The molecule has 0 bridgehead atoms. The Kier molecular flexibility index (Phi) is 4.26. The van der Waals surface area contributed by atoms with E-state index in [1.54, 1.807) is 5.01 Å². The predicted molar refractivity (Wildman–Crippen MR) is 97.4 cm³/mol. The number of carbonyl (C=O) groups excluding carboxylic acids is 1. The second-order valence-electron chi connectivity index (χ2n) is 6.54. The Bertz CT molecular complexity index is 838. The van der Waals surface area contributed by atoms with E-state index < -0.39 is 18.1 Å². The first-order valence-electron chi connectivity index (χ1n) is 8.67. The van der Waals surface area contributed by atoms with Gasteiger partial charge in [0.05, 0.1) is 0 Å². The number of rotatable bonds is 4. The number of hydrogen-bond donors (Lipinski definition) is 0. The summed E-state index contributed by atoms with van der Waals surface area (Å²) in [7, 11) is 0. The summed E-state index contributed by atoms with van der Waals surface area (Å²) in [4.78, 5) is 24.2. The van der Waals surface area contributed by atoms with Crippen LogP contribution in [0.15, 0.2) is 66.7 Å². The van der Waals surface area contributed by atoms with Crippen molar-refractivity contribution in [2.24, 2.45) is 0 Å². The average molecular weight is 349 g/mol. The van der Waals surface area contributed by atoms with Gasteiger partial charge in [-0.2, -0.15) is 0 Å². The lowest BCUT2D eigenvalue weighted by atomic mass is 9.94. The molecule has 0 saturated carbocycles. The zero-order valence-corrected chi connectivity index (χ0v) is 14.1. The zero-order valence-electron chi connectivity index (χ0n) is 14.1. The molecule has 0 spiro atoms. The molecule has 2 saturated heterocycles. The standard InChI is InChI=1S/C20H19N3O3/c24-18-13-14-21-17(12-11-15-7-3-1-4-8-15)20(23(25)26)19(22(18)21)16-9-5-2-6-10-16/h1-12,17,19-20H,13-14H2/b12-11+/t17-,19-,20+/m0/s1. The van der Waals surface area contributed by atoms with Crippen molar-refractivity contribution in [2.45, 2.75) is 24.5 Å². The van der Waals surface area contributed by atoms with Crippen molar-refractivity contribution in [3.63, 3.8) is 0 Å². The lowest BCUT2D eigenvalue weighted by molar-refractivity contribution is -0.526. The molecule has 2 aromatic carbocycles. The number of hydrazine groups is 1. The van der Waals surface area contributed by atoms with Crippen molar-refractivity contribution in [1.82, 2.24) is 10.0 Å². The van der Waals surface area contributed by atoms with Gasteiger partial charge in [-0.1, -0.05) is 72.8 Å². The van der Waals surface area contributed by atoms with E-state index in [2.05, 4.69) is 0 Å². The highest BCUT2D eigenvalue weighted by Gasteiger charge is 2.58. The molecule has 0 radical (unpaired) electrons. The molecule has 132 valence electrons. The number of benzene rings is 2. The van der Waals surface area contributed by atoms with Gasteiger partial charge in [0.1, 0.15) is 12.1 Å². The third-order valence-electron chi connectivity index (χ3n) is 5.04. The first kappa shape index (κ1) is 16.5. The molecule has 2 fully saturated rings. The van der Waals surface area contributed by atoms with Crippen LogP contribution >= 0.6 is 0 Å². The Morgan fingerprint density at radius 1 is 1.04 bits per heavy atom. The van der Waals surface area contributed by atoms with Gasteiger partial charge < -0.3 is 0 Å². The van der Waals surface area contributed by atoms with Gasteiger partial charge in [0.2, 0.25) is 5.91 Å². The number of amides is 1. The largest absolute Gasteiger partial charge is 0.273 e. The maximum atomic E-state index is 12.5. The van der Waals surface area contributed by atoms with Crippen molar-refractivity contribution in [2.75, 3.05) is 6.54 Å². The summed E-state index contributed by atoms with van der Waals surface area (Å²) in [5.41, 5.74) is 1.78. The first-order valence-corrected chi connectivity index (χ1v) is 8.67. The van der Waals surface area contributed by atoms with Gasteiger partial charge in [-0.05, 0) is 11.1 Å². The molecule has 0 aliphatic carbocycles. The van der Waals surface area contributed by atoms with Crippen LogP contribution in [0, 0.1) is 10.1 Å². The number of fused-ring (bicyclic) bond motifs is 1. The topological polar surface area (TPSA) is 66.7 Å². The molecule has 2 heterocycles. The minimum Gasteiger partial charge on any atom is -0.273 e. The van der Waals surface area contributed by atoms with Crippen LogP contribution in [0.5, 0.6) is 0 Å². The van der Waals surface area contributed by atoms with E-state index in [0.717, 1.165) is 11.1 Å². The van der Waals surface area contributed by atoms with Crippen LogP contribution in [0.3, 0.4) is 0 Å². The Balaban J connectivity index is 1.74. The van der Waals surface area contributed by atoms with Crippen molar-refractivity contribution in [3.8, 4) is 0 Å². The lowest BCUT2D eigenvalue weighted by Crippen LogP contribution is -2.38. The third-order valence-corrected chi connectivity index (χ3v) is 5.04. The molecule has 0 aromatic heterocycles. The van der Waals surface area contributed by atoms with Crippen LogP contribution < -0.4 is 0 Å². The summed E-state index contributed by atoms with van der Waals surface area (Å²) in [5.74, 6) is -0.0543. The van der Waals surface area contributed by atoms with E-state index in [1.165, 1.54) is 0 Å². The second-order valence-corrected chi connectivity index (χ2v) is 6.54. The molecule has 2 aliphatic heterocycles. The molecule has 4 rings (SSSR count). The normalized spacial score (nSPS) is 25.8. The maximum Gasteiger partial charge on any atom is 0.259 e. The number of nitrogens with zero attached hydrogens (tertiary/aromatic N) is 3. The molecular formula is C20H19N3O3. The van der Waals surface area contributed by atoms with Gasteiger partial charge in [-0.3, -0.25) is 19.9 Å². The van der Waals surface area contributed by atoms with E-state index in [0.29, 0.717) is 13.0 Å². The lowest BCUT2D eigenvalue weighted by Gasteiger charge is -2.25. The third kappa shape index (κ3) is 2.78. The van der Waals surface area contributed by atoms with Crippen molar-refractivity contribution < 1.29 is 9.72 Å². The zero-order chi connectivity index (χ0) is 18.1. The highest BCUT2D eigenvalue weighted by molar-refractivity contribution is 5.79. The highest BCUT2D eigenvalue weighted by atomic mass is 16.6. The summed E-state index contributed by atoms with van der Waals surface area (Å²) < 4.78 is 0. The summed E-state index contributed by atoms with van der Waals surface area (Å²) in [6.07, 6.45) is 4.15. The summed E-state index contributed by atoms with van der Waals surface area (Å²) in [6.45, 7) is 0.510. The van der Waals surface area contributed by atoms with E-state index in [4.69, 9.17) is 0 Å². The summed E-state index contributed by atoms with van der Waals surface area (Å²) in [5, 5.41) is 15.4. The number of nitro groups is 1. The van der Waals surface area contributed by atoms with E-state index in [9.17, 15) is 14.9 Å². The summed E-state index contributed by atoms with van der Waals surface area (Å²) >= 11 is 0. The molecule has 2 aliphatic rings. The molecule has 1 amide bonds. The van der Waals surface area contributed by atoms with Gasteiger partial charge in [0.25, 0.3) is 6.04 Å². The quantitative estimate of drug-likeness (QED) is 0.629. The van der Waals surface area contributed by atoms with E-state index >= 15 is 0 Å². The van der Waals surface area contributed by atoms with Crippen LogP contribution in [0.25, 0.3) is 6.08 Å². The Labute approximate surface area is 151 Å². The number of carbonyl (C=O) groups is 1. The SMILES string of the molecule is O=C1CCN2[C@@H](/C=C/c3ccccc3)[C@@H]([N+](=O)[O-])[C@H](c3ccccc3)N12. The molecule has 0 unspecified atom stereocenters. The van der Waals surface area contributed by atoms with E-state index in [-0.39, 0.29) is 10.8 Å². The predicted octanol–water partition coefficient (Wildman–Crippen LogP) is 2.92. The first-order chi connectivity index (χ1) is 12.7. The van der Waals surface area contributed by atoms with Crippen LogP contribution in [-0.4, -0.2) is 39.5 Å². The Morgan fingerprint density at radius 3 is 2.35 bits per heavy atom. The van der Waals surface area contributed by atoms with Crippen molar-refractivity contribution in [3.05, 3.63) is 88.0 Å². The van der Waals surface area contributed by atoms with Crippen LogP contribution in [0.2, 0.25) is 0 Å².